The maximum atomic E-state index is 13.5. The number of allylic oxidation sites excluding steroid dienone is 1. The third kappa shape index (κ3) is 7.16. The number of hydrogen-bond donors (Lipinski definition) is 3. The Labute approximate surface area is 302 Å². The molecule has 0 bridgehead atoms. The van der Waals surface area contributed by atoms with E-state index in [-0.39, 0.29) is 0 Å². The van der Waals surface area contributed by atoms with Crippen LogP contribution in [-0.4, -0.2) is 83.6 Å². The van der Waals surface area contributed by atoms with Gasteiger partial charge in [0.25, 0.3) is 0 Å². The molecule has 7 rings (SSSR count). The highest BCUT2D eigenvalue weighted by Gasteiger charge is 2.40. The number of fused-ring (bicyclic) bond motifs is 2. The fourth-order valence-corrected chi connectivity index (χ4v) is 9.29. The van der Waals surface area contributed by atoms with Gasteiger partial charge in [-0.1, -0.05) is 6.92 Å². The van der Waals surface area contributed by atoms with Gasteiger partial charge in [0.1, 0.15) is 18.5 Å². The van der Waals surface area contributed by atoms with Crippen LogP contribution < -0.4 is 26.6 Å². The summed E-state index contributed by atoms with van der Waals surface area (Å²) in [4.78, 5) is 28.1. The van der Waals surface area contributed by atoms with E-state index in [0.29, 0.717) is 44.3 Å². The van der Waals surface area contributed by atoms with Gasteiger partial charge in [0.15, 0.2) is 0 Å². The zero-order valence-corrected chi connectivity index (χ0v) is 31.7. The van der Waals surface area contributed by atoms with E-state index in [1.54, 1.807) is 45.2 Å². The standard InChI is InChI=1S/C37H46BrN10OP/c1-5-24-16-32(48-15-11-25-10-14-47(33(25)22-48)21-23-6-7-23)27(26(18-39)19-40-2)17-31(24)45-37-43-20-28(38)36(46-37)44-30-9-8-29-34(42-13-12-41-29)35(30)50(3,4)49/h8-9,12-13,16-20,23,25,33H,5-7,10-11,14-15,21-22,39H2,1-4H3,(H2,43,44,45,46)/t25-,33+/m1/s1. The minimum absolute atomic E-state index is 0.423. The Bertz CT molecular complexity index is 2010. The maximum Gasteiger partial charge on any atom is 0.229 e. The van der Waals surface area contributed by atoms with Crippen molar-refractivity contribution >= 4 is 80.0 Å². The number of rotatable bonds is 11. The Balaban J connectivity index is 1.22. The number of aryl methyl sites for hydroxylation is 1. The van der Waals surface area contributed by atoms with Crippen molar-refractivity contribution in [2.24, 2.45) is 22.6 Å². The van der Waals surface area contributed by atoms with E-state index in [0.717, 1.165) is 53.7 Å². The number of benzene rings is 2. The summed E-state index contributed by atoms with van der Waals surface area (Å²) >= 11 is 3.62. The lowest BCUT2D eigenvalue weighted by Gasteiger charge is -2.41. The van der Waals surface area contributed by atoms with Gasteiger partial charge in [0.2, 0.25) is 5.95 Å². The number of halogens is 1. The van der Waals surface area contributed by atoms with Crippen LogP contribution in [0, 0.1) is 11.8 Å². The second-order valence-corrected chi connectivity index (χ2v) is 18.1. The van der Waals surface area contributed by atoms with Gasteiger partial charge >= 0.3 is 0 Å². The summed E-state index contributed by atoms with van der Waals surface area (Å²) in [7, 11) is -0.983. The topological polar surface area (TPSA) is 138 Å². The molecule has 3 aliphatic rings. The quantitative estimate of drug-likeness (QED) is 0.111. The van der Waals surface area contributed by atoms with Crippen molar-refractivity contribution in [2.45, 2.75) is 45.1 Å². The zero-order chi connectivity index (χ0) is 35.0. The van der Waals surface area contributed by atoms with E-state index in [1.165, 1.54) is 44.5 Å². The summed E-state index contributed by atoms with van der Waals surface area (Å²) in [5.74, 6) is 2.63. The molecule has 0 radical (unpaired) electrons. The van der Waals surface area contributed by atoms with E-state index in [4.69, 9.17) is 10.7 Å². The summed E-state index contributed by atoms with van der Waals surface area (Å²) in [5.41, 5.74) is 13.4. The fourth-order valence-electron chi connectivity index (χ4n) is 7.61. The second-order valence-electron chi connectivity index (χ2n) is 14.1. The van der Waals surface area contributed by atoms with Crippen LogP contribution in [0.3, 0.4) is 0 Å². The predicted octanol–water partition coefficient (Wildman–Crippen LogP) is 6.79. The smallest absolute Gasteiger partial charge is 0.229 e. The average Bonchev–Trinajstić information content (AvgIpc) is 3.85. The minimum Gasteiger partial charge on any atom is -0.404 e. The van der Waals surface area contributed by atoms with Crippen molar-refractivity contribution in [3.05, 3.63) is 64.7 Å². The zero-order valence-electron chi connectivity index (χ0n) is 29.2. The molecule has 50 heavy (non-hydrogen) atoms. The Morgan fingerprint density at radius 2 is 1.88 bits per heavy atom. The molecule has 262 valence electrons. The lowest BCUT2D eigenvalue weighted by atomic mass is 9.90. The molecule has 1 aliphatic carbocycles. The van der Waals surface area contributed by atoms with Crippen molar-refractivity contribution in [2.75, 3.05) is 62.1 Å². The number of nitrogens with zero attached hydrogens (tertiary/aromatic N) is 7. The highest BCUT2D eigenvalue weighted by Crippen LogP contribution is 2.43. The van der Waals surface area contributed by atoms with E-state index < -0.39 is 7.14 Å². The van der Waals surface area contributed by atoms with Gasteiger partial charge in [0.05, 0.1) is 21.0 Å². The first-order chi connectivity index (χ1) is 24.2. The maximum absolute atomic E-state index is 13.5. The summed E-state index contributed by atoms with van der Waals surface area (Å²) in [5, 5.41) is 7.56. The van der Waals surface area contributed by atoms with Gasteiger partial charge in [-0.25, -0.2) is 4.98 Å². The number of likely N-dealkylation sites (tertiary alicyclic amines) is 1. The van der Waals surface area contributed by atoms with Crippen LogP contribution in [0.15, 0.2) is 58.5 Å². The highest BCUT2D eigenvalue weighted by molar-refractivity contribution is 9.10. The molecule has 0 unspecified atom stereocenters. The van der Waals surface area contributed by atoms with Gasteiger partial charge in [0, 0.05) is 86.2 Å². The molecule has 1 saturated carbocycles. The Hall–Kier alpha value is -3.86. The summed E-state index contributed by atoms with van der Waals surface area (Å²) < 4.78 is 14.2. The molecule has 13 heteroatoms. The van der Waals surface area contributed by atoms with Crippen molar-refractivity contribution < 1.29 is 4.57 Å². The summed E-state index contributed by atoms with van der Waals surface area (Å²) in [6.45, 7) is 10.2. The van der Waals surface area contributed by atoms with Crippen LogP contribution in [-0.2, 0) is 11.0 Å². The lowest BCUT2D eigenvalue weighted by molar-refractivity contribution is 0.201. The number of aliphatic imine (C=N–C) groups is 1. The molecule has 4 aromatic rings. The van der Waals surface area contributed by atoms with Gasteiger partial charge < -0.3 is 25.8 Å². The van der Waals surface area contributed by atoms with E-state index >= 15 is 0 Å². The third-order valence-corrected chi connectivity index (χ3v) is 12.4. The summed E-state index contributed by atoms with van der Waals surface area (Å²) in [6.07, 6.45) is 14.6. The monoisotopic (exact) mass is 756 g/mol. The Morgan fingerprint density at radius 3 is 2.62 bits per heavy atom. The molecular weight excluding hydrogens is 711 g/mol. The highest BCUT2D eigenvalue weighted by atomic mass is 79.9. The third-order valence-electron chi connectivity index (χ3n) is 10.3. The normalized spacial score (nSPS) is 20.1. The SMILES string of the molecule is CCc1cc(N2CC[C@H]3CCN(CC4CC4)[C@H]3C2)c(C(C=NC)=CN)cc1Nc1ncc(Br)c(Nc2ccc3nccnc3c2P(C)(C)=O)n1. The van der Waals surface area contributed by atoms with Crippen molar-refractivity contribution in [3.63, 3.8) is 0 Å². The molecule has 3 fully saturated rings. The molecule has 2 saturated heterocycles. The molecule has 4 heterocycles. The average molecular weight is 758 g/mol. The molecule has 0 spiro atoms. The molecule has 2 aliphatic heterocycles. The first-order valence-electron chi connectivity index (χ1n) is 17.5. The van der Waals surface area contributed by atoms with Crippen LogP contribution in [0.5, 0.6) is 0 Å². The van der Waals surface area contributed by atoms with E-state index in [1.807, 2.05) is 18.3 Å². The lowest BCUT2D eigenvalue weighted by Crippen LogP contribution is -2.49. The van der Waals surface area contributed by atoms with Crippen molar-refractivity contribution in [1.82, 2.24) is 24.8 Å². The van der Waals surface area contributed by atoms with Crippen LogP contribution in [0.2, 0.25) is 0 Å². The molecule has 11 nitrogen and oxygen atoms in total. The predicted molar refractivity (Wildman–Crippen MR) is 210 cm³/mol. The molecule has 2 aromatic carbocycles. The van der Waals surface area contributed by atoms with Crippen LogP contribution in [0.4, 0.5) is 28.8 Å². The molecule has 0 amide bonds. The second kappa shape index (κ2) is 14.4. The molecule has 2 aromatic heterocycles. The number of nitrogens with one attached hydrogen (secondary N) is 2. The van der Waals surface area contributed by atoms with E-state index in [9.17, 15) is 4.57 Å². The minimum atomic E-state index is -2.76. The van der Waals surface area contributed by atoms with Gasteiger partial charge in [-0.05, 0) is 110 Å². The number of aromatic nitrogens is 4. The summed E-state index contributed by atoms with van der Waals surface area (Å²) in [6, 6.07) is 8.82. The van der Waals surface area contributed by atoms with E-state index in [2.05, 4.69) is 75.4 Å². The van der Waals surface area contributed by atoms with Crippen molar-refractivity contribution in [3.8, 4) is 0 Å². The van der Waals surface area contributed by atoms with Crippen LogP contribution >= 0.6 is 23.1 Å². The molecule has 2 atom stereocenters. The Kier molecular flexibility index (Phi) is 9.96. The van der Waals surface area contributed by atoms with Crippen molar-refractivity contribution in [1.29, 1.82) is 0 Å². The number of nitrogens with two attached hydrogens (primary N) is 1. The van der Waals surface area contributed by atoms with Gasteiger partial charge in [-0.2, -0.15) is 4.98 Å². The molecule has 4 N–H and O–H groups in total. The van der Waals surface area contributed by atoms with Gasteiger partial charge in [-0.3, -0.25) is 19.9 Å². The first kappa shape index (κ1) is 34.6. The number of hydrogen-bond acceptors (Lipinski definition) is 11. The van der Waals surface area contributed by atoms with Crippen LogP contribution in [0.25, 0.3) is 16.6 Å². The number of piperidine rings is 1. The molecular formula is C37H46BrN10OP. The largest absolute Gasteiger partial charge is 0.404 e. The van der Waals surface area contributed by atoms with Gasteiger partial charge in [-0.15, -0.1) is 0 Å². The Morgan fingerprint density at radius 1 is 1.08 bits per heavy atom. The first-order valence-corrected chi connectivity index (χ1v) is 20.9. The fraction of sp³-hybridized carbons (Fsp3) is 0.432. The number of anilines is 5. The van der Waals surface area contributed by atoms with Crippen LogP contribution in [0.1, 0.15) is 43.7 Å².